The van der Waals surface area contributed by atoms with E-state index in [1.807, 2.05) is 30.3 Å². The second kappa shape index (κ2) is 9.58. The second-order valence-corrected chi connectivity index (χ2v) is 7.83. The summed E-state index contributed by atoms with van der Waals surface area (Å²) in [5.41, 5.74) is 2.04. The fraction of sp³-hybridized carbons (Fsp3) is 0.286. The first-order chi connectivity index (χ1) is 14.0. The van der Waals surface area contributed by atoms with Gasteiger partial charge in [-0.15, -0.1) is 0 Å². The monoisotopic (exact) mass is 413 g/mol. The Hall–Kier alpha value is -2.84. The van der Waals surface area contributed by atoms with Gasteiger partial charge in [0.05, 0.1) is 24.3 Å². The van der Waals surface area contributed by atoms with Crippen molar-refractivity contribution in [3.8, 4) is 5.75 Å². The van der Waals surface area contributed by atoms with Gasteiger partial charge in [-0.2, -0.15) is 0 Å². The Balaban J connectivity index is 1.67. The summed E-state index contributed by atoms with van der Waals surface area (Å²) in [6.45, 7) is 4.95. The lowest BCUT2D eigenvalue weighted by atomic mass is 10.2. The lowest BCUT2D eigenvalue weighted by Crippen LogP contribution is -1.96. The van der Waals surface area contributed by atoms with Crippen molar-refractivity contribution >= 4 is 17.4 Å². The van der Waals surface area contributed by atoms with E-state index in [1.165, 1.54) is 17.8 Å². The number of non-ortho nitro benzene ring substituents is 1. The molecule has 3 aromatic rings. The maximum Gasteiger partial charge on any atom is 0.270 e. The number of imidazole rings is 1. The predicted octanol–water partition coefficient (Wildman–Crippen LogP) is 5.32. The van der Waals surface area contributed by atoms with E-state index in [0.717, 1.165) is 32.8 Å². The highest BCUT2D eigenvalue weighted by Gasteiger charge is 2.16. The highest BCUT2D eigenvalue weighted by Crippen LogP contribution is 2.34. The van der Waals surface area contributed by atoms with Crippen molar-refractivity contribution in [2.45, 2.75) is 42.9 Å². The van der Waals surface area contributed by atoms with Crippen LogP contribution in [0.5, 0.6) is 5.75 Å². The molecule has 0 bridgehead atoms. The SMILES string of the molecule is COc1ccc(COCc2nc(C(C)C)c(Sc3cccc([N+](=O)[O-])c3)[nH]2)cc1. The number of H-pyrrole nitrogens is 1. The largest absolute Gasteiger partial charge is 0.497 e. The van der Waals surface area contributed by atoms with Gasteiger partial charge in [-0.3, -0.25) is 10.1 Å². The molecule has 0 aliphatic rings. The number of methoxy groups -OCH3 is 1. The van der Waals surface area contributed by atoms with E-state index in [-0.39, 0.29) is 11.6 Å². The number of aromatic nitrogens is 2. The predicted molar refractivity (Wildman–Crippen MR) is 111 cm³/mol. The molecular formula is C21H23N3O4S. The van der Waals surface area contributed by atoms with Gasteiger partial charge in [-0.25, -0.2) is 4.98 Å². The van der Waals surface area contributed by atoms with Crippen LogP contribution in [-0.4, -0.2) is 22.0 Å². The Morgan fingerprint density at radius 1 is 1.17 bits per heavy atom. The molecule has 152 valence electrons. The van der Waals surface area contributed by atoms with Crippen molar-refractivity contribution < 1.29 is 14.4 Å². The minimum absolute atomic E-state index is 0.0728. The van der Waals surface area contributed by atoms with Crippen LogP contribution in [0.25, 0.3) is 0 Å². The molecule has 7 nitrogen and oxygen atoms in total. The summed E-state index contributed by atoms with van der Waals surface area (Å²) in [6, 6.07) is 14.3. The molecule has 1 heterocycles. The van der Waals surface area contributed by atoms with Crippen LogP contribution in [0.4, 0.5) is 5.69 Å². The van der Waals surface area contributed by atoms with Crippen molar-refractivity contribution in [3.63, 3.8) is 0 Å². The molecule has 0 aliphatic carbocycles. The zero-order chi connectivity index (χ0) is 20.8. The summed E-state index contributed by atoms with van der Waals surface area (Å²) in [7, 11) is 1.64. The van der Waals surface area contributed by atoms with Crippen LogP contribution in [-0.2, 0) is 18.0 Å². The molecule has 0 saturated carbocycles. The van der Waals surface area contributed by atoms with Crippen molar-refractivity contribution in [1.29, 1.82) is 0 Å². The first-order valence-corrected chi connectivity index (χ1v) is 9.99. The molecule has 0 atom stereocenters. The Bertz CT molecular complexity index is 970. The van der Waals surface area contributed by atoms with Gasteiger partial charge < -0.3 is 14.5 Å². The lowest BCUT2D eigenvalue weighted by Gasteiger charge is -2.05. The molecule has 29 heavy (non-hydrogen) atoms. The molecule has 1 aromatic heterocycles. The number of aromatic amines is 1. The van der Waals surface area contributed by atoms with Gasteiger partial charge >= 0.3 is 0 Å². The summed E-state index contributed by atoms with van der Waals surface area (Å²) in [4.78, 5) is 19.4. The van der Waals surface area contributed by atoms with E-state index in [0.29, 0.717) is 13.2 Å². The fourth-order valence-corrected chi connectivity index (χ4v) is 3.84. The van der Waals surface area contributed by atoms with Gasteiger partial charge in [0.25, 0.3) is 5.69 Å². The number of rotatable bonds is 9. The van der Waals surface area contributed by atoms with Crippen LogP contribution in [0.15, 0.2) is 58.5 Å². The average molecular weight is 413 g/mol. The van der Waals surface area contributed by atoms with Crippen LogP contribution in [0.3, 0.4) is 0 Å². The van der Waals surface area contributed by atoms with Gasteiger partial charge in [0.1, 0.15) is 23.2 Å². The average Bonchev–Trinajstić information content (AvgIpc) is 3.11. The van der Waals surface area contributed by atoms with Gasteiger partial charge in [0, 0.05) is 17.0 Å². The van der Waals surface area contributed by atoms with Crippen LogP contribution in [0.1, 0.15) is 36.8 Å². The topological polar surface area (TPSA) is 90.3 Å². The van der Waals surface area contributed by atoms with E-state index in [4.69, 9.17) is 9.47 Å². The summed E-state index contributed by atoms with van der Waals surface area (Å²) < 4.78 is 11.0. The Kier molecular flexibility index (Phi) is 6.90. The molecule has 0 fully saturated rings. The van der Waals surface area contributed by atoms with Crippen LogP contribution in [0.2, 0.25) is 0 Å². The molecule has 8 heteroatoms. The van der Waals surface area contributed by atoms with Crippen LogP contribution < -0.4 is 4.74 Å². The number of ether oxygens (including phenoxy) is 2. The summed E-state index contributed by atoms with van der Waals surface area (Å²) >= 11 is 1.44. The molecule has 0 unspecified atom stereocenters. The first kappa shape index (κ1) is 20.9. The number of nitrogens with one attached hydrogen (secondary N) is 1. The van der Waals surface area contributed by atoms with Crippen LogP contribution in [0, 0.1) is 10.1 Å². The highest BCUT2D eigenvalue weighted by atomic mass is 32.2. The summed E-state index contributed by atoms with van der Waals surface area (Å²) in [5, 5.41) is 11.9. The number of hydrogen-bond donors (Lipinski definition) is 1. The first-order valence-electron chi connectivity index (χ1n) is 9.18. The van der Waals surface area contributed by atoms with Crippen molar-refractivity contribution in [2.75, 3.05) is 7.11 Å². The van der Waals surface area contributed by atoms with Crippen molar-refractivity contribution in [3.05, 3.63) is 75.7 Å². The van der Waals surface area contributed by atoms with Crippen molar-refractivity contribution in [1.82, 2.24) is 9.97 Å². The van der Waals surface area contributed by atoms with Gasteiger partial charge in [0.15, 0.2) is 0 Å². The maximum absolute atomic E-state index is 11.0. The molecule has 3 rings (SSSR count). The molecule has 2 aromatic carbocycles. The molecule has 1 N–H and O–H groups in total. The molecule has 0 saturated heterocycles. The number of nitrogens with zero attached hydrogens (tertiary/aromatic N) is 2. The summed E-state index contributed by atoms with van der Waals surface area (Å²) in [5.74, 6) is 1.75. The molecule has 0 radical (unpaired) electrons. The molecule has 0 aliphatic heterocycles. The third-order valence-electron chi connectivity index (χ3n) is 4.21. The molecule has 0 spiro atoms. The van der Waals surface area contributed by atoms with Crippen LogP contribution >= 0.6 is 11.8 Å². The zero-order valence-corrected chi connectivity index (χ0v) is 17.4. The van der Waals surface area contributed by atoms with E-state index >= 15 is 0 Å². The highest BCUT2D eigenvalue weighted by molar-refractivity contribution is 7.99. The normalized spacial score (nSPS) is 11.0. The summed E-state index contributed by atoms with van der Waals surface area (Å²) in [6.07, 6.45) is 0. The number of nitro groups is 1. The second-order valence-electron chi connectivity index (χ2n) is 6.75. The molecular weight excluding hydrogens is 390 g/mol. The minimum Gasteiger partial charge on any atom is -0.497 e. The fourth-order valence-electron chi connectivity index (χ4n) is 2.72. The Morgan fingerprint density at radius 3 is 2.59 bits per heavy atom. The smallest absolute Gasteiger partial charge is 0.270 e. The Morgan fingerprint density at radius 2 is 1.93 bits per heavy atom. The zero-order valence-electron chi connectivity index (χ0n) is 16.5. The van der Waals surface area contributed by atoms with E-state index in [2.05, 4.69) is 23.8 Å². The maximum atomic E-state index is 11.0. The quantitative estimate of drug-likeness (QED) is 0.377. The third-order valence-corrected chi connectivity index (χ3v) is 5.21. The number of nitro benzene ring substituents is 1. The van der Waals surface area contributed by atoms with E-state index in [9.17, 15) is 10.1 Å². The molecule has 0 amide bonds. The lowest BCUT2D eigenvalue weighted by molar-refractivity contribution is -0.385. The third kappa shape index (κ3) is 5.58. The minimum atomic E-state index is -0.390. The van der Waals surface area contributed by atoms with E-state index < -0.39 is 4.92 Å². The number of benzene rings is 2. The number of hydrogen-bond acceptors (Lipinski definition) is 6. The Labute approximate surface area is 173 Å². The van der Waals surface area contributed by atoms with Gasteiger partial charge in [0.2, 0.25) is 0 Å². The van der Waals surface area contributed by atoms with Crippen molar-refractivity contribution in [2.24, 2.45) is 0 Å². The van der Waals surface area contributed by atoms with E-state index in [1.54, 1.807) is 19.2 Å². The van der Waals surface area contributed by atoms with Gasteiger partial charge in [-0.1, -0.05) is 43.8 Å². The standard InChI is InChI=1S/C21H23N3O4S/c1-14(2)20-21(29-18-6-4-5-16(11-18)24(25)26)23-19(22-20)13-28-12-15-7-9-17(27-3)10-8-15/h4-11,14H,12-13H2,1-3H3,(H,22,23). The van der Waals surface area contributed by atoms with Gasteiger partial charge in [-0.05, 0) is 29.7 Å².